The third kappa shape index (κ3) is 3.24. The van der Waals surface area contributed by atoms with Gasteiger partial charge in [-0.3, -0.25) is 4.79 Å². The van der Waals surface area contributed by atoms with E-state index in [1.807, 2.05) is 24.3 Å². The molecule has 3 nitrogen and oxygen atoms in total. The van der Waals surface area contributed by atoms with Crippen molar-refractivity contribution in [1.29, 1.82) is 0 Å². The molecule has 4 heteroatoms. The van der Waals surface area contributed by atoms with Gasteiger partial charge in [0.1, 0.15) is 5.15 Å². The van der Waals surface area contributed by atoms with Gasteiger partial charge in [0.15, 0.2) is 0 Å². The summed E-state index contributed by atoms with van der Waals surface area (Å²) in [7, 11) is 0. The van der Waals surface area contributed by atoms with Crippen LogP contribution >= 0.6 is 11.6 Å². The third-order valence-electron chi connectivity index (χ3n) is 3.11. The number of benzene rings is 1. The first-order valence-corrected chi connectivity index (χ1v) is 6.66. The molecule has 0 bridgehead atoms. The Morgan fingerprint density at radius 3 is 2.74 bits per heavy atom. The van der Waals surface area contributed by atoms with Crippen LogP contribution in [0.3, 0.4) is 0 Å². The minimum Gasteiger partial charge on any atom is -0.481 e. The minimum atomic E-state index is -0.780. The van der Waals surface area contributed by atoms with Crippen molar-refractivity contribution in [3.63, 3.8) is 0 Å². The SMILES string of the molecule is CC(C)c1cc2cc(CCC(=O)O)ccc2nc1Cl. The van der Waals surface area contributed by atoms with Crippen molar-refractivity contribution in [2.45, 2.75) is 32.6 Å². The van der Waals surface area contributed by atoms with Crippen LogP contribution in [-0.4, -0.2) is 16.1 Å². The Balaban J connectivity index is 2.40. The predicted octanol–water partition coefficient (Wildman–Crippen LogP) is 4.03. The van der Waals surface area contributed by atoms with Gasteiger partial charge in [-0.05, 0) is 41.7 Å². The van der Waals surface area contributed by atoms with Gasteiger partial charge < -0.3 is 5.11 Å². The van der Waals surface area contributed by atoms with Gasteiger partial charge in [-0.2, -0.15) is 0 Å². The van der Waals surface area contributed by atoms with Gasteiger partial charge in [0.05, 0.1) is 5.52 Å². The molecule has 0 aliphatic heterocycles. The molecule has 0 atom stereocenters. The lowest BCUT2D eigenvalue weighted by atomic mass is 10.0. The van der Waals surface area contributed by atoms with Gasteiger partial charge >= 0.3 is 5.97 Å². The highest BCUT2D eigenvalue weighted by Gasteiger charge is 2.09. The fourth-order valence-corrected chi connectivity index (χ4v) is 2.39. The van der Waals surface area contributed by atoms with E-state index in [4.69, 9.17) is 16.7 Å². The Hall–Kier alpha value is -1.61. The summed E-state index contributed by atoms with van der Waals surface area (Å²) in [6.07, 6.45) is 0.675. The summed E-state index contributed by atoms with van der Waals surface area (Å²) >= 11 is 6.15. The van der Waals surface area contributed by atoms with Gasteiger partial charge in [-0.15, -0.1) is 0 Å². The molecule has 1 heterocycles. The van der Waals surface area contributed by atoms with Crippen molar-refractivity contribution in [3.05, 3.63) is 40.5 Å². The Morgan fingerprint density at radius 2 is 2.11 bits per heavy atom. The molecule has 0 radical (unpaired) electrons. The van der Waals surface area contributed by atoms with Crippen molar-refractivity contribution in [3.8, 4) is 0 Å². The van der Waals surface area contributed by atoms with Crippen molar-refractivity contribution >= 4 is 28.5 Å². The van der Waals surface area contributed by atoms with E-state index in [0.717, 1.165) is 22.0 Å². The van der Waals surface area contributed by atoms with Crippen LogP contribution in [0.2, 0.25) is 5.15 Å². The number of halogens is 1. The number of carbonyl (C=O) groups is 1. The maximum atomic E-state index is 10.6. The zero-order valence-electron chi connectivity index (χ0n) is 11.0. The van der Waals surface area contributed by atoms with Crippen LogP contribution in [0.15, 0.2) is 24.3 Å². The first-order chi connectivity index (χ1) is 8.97. The summed E-state index contributed by atoms with van der Waals surface area (Å²) in [6.45, 7) is 4.14. The topological polar surface area (TPSA) is 50.2 Å². The summed E-state index contributed by atoms with van der Waals surface area (Å²) in [5, 5.41) is 10.3. The van der Waals surface area contributed by atoms with E-state index in [1.54, 1.807) is 0 Å². The molecule has 0 saturated carbocycles. The van der Waals surface area contributed by atoms with Crippen LogP contribution in [0.25, 0.3) is 10.9 Å². The molecule has 100 valence electrons. The molecule has 2 aromatic rings. The first kappa shape index (κ1) is 13.8. The standard InChI is InChI=1S/C15H16ClNO2/c1-9(2)12-8-11-7-10(4-6-14(18)19)3-5-13(11)17-15(12)16/h3,5,7-9H,4,6H2,1-2H3,(H,18,19). The van der Waals surface area contributed by atoms with Crippen LogP contribution in [0.5, 0.6) is 0 Å². The second-order valence-electron chi connectivity index (χ2n) is 4.94. The molecule has 2 rings (SSSR count). The molecule has 0 spiro atoms. The predicted molar refractivity (Wildman–Crippen MR) is 76.8 cm³/mol. The number of rotatable bonds is 4. The highest BCUT2D eigenvalue weighted by atomic mass is 35.5. The fourth-order valence-electron chi connectivity index (χ4n) is 2.03. The fraction of sp³-hybridized carbons (Fsp3) is 0.333. The van der Waals surface area contributed by atoms with Crippen LogP contribution in [0.4, 0.5) is 0 Å². The van der Waals surface area contributed by atoms with Crippen molar-refractivity contribution in [2.75, 3.05) is 0 Å². The molecule has 19 heavy (non-hydrogen) atoms. The monoisotopic (exact) mass is 277 g/mol. The lowest BCUT2D eigenvalue weighted by Gasteiger charge is -2.10. The van der Waals surface area contributed by atoms with Crippen LogP contribution < -0.4 is 0 Å². The first-order valence-electron chi connectivity index (χ1n) is 6.28. The molecular weight excluding hydrogens is 262 g/mol. The molecule has 0 unspecified atom stereocenters. The van der Waals surface area contributed by atoms with Crippen molar-refractivity contribution in [1.82, 2.24) is 4.98 Å². The maximum absolute atomic E-state index is 10.6. The lowest BCUT2D eigenvalue weighted by molar-refractivity contribution is -0.136. The summed E-state index contributed by atoms with van der Waals surface area (Å²) < 4.78 is 0. The highest BCUT2D eigenvalue weighted by molar-refractivity contribution is 6.30. The zero-order chi connectivity index (χ0) is 14.0. The number of carboxylic acids is 1. The summed E-state index contributed by atoms with van der Waals surface area (Å²) in [4.78, 5) is 15.0. The maximum Gasteiger partial charge on any atom is 0.303 e. The number of nitrogens with zero attached hydrogens (tertiary/aromatic N) is 1. The van der Waals surface area contributed by atoms with Gasteiger partial charge in [-0.25, -0.2) is 4.98 Å². The Labute approximate surface area is 117 Å². The van der Waals surface area contributed by atoms with Crippen LogP contribution in [-0.2, 0) is 11.2 Å². The Kier molecular flexibility index (Phi) is 4.05. The summed E-state index contributed by atoms with van der Waals surface area (Å²) in [6, 6.07) is 7.83. The van der Waals surface area contributed by atoms with Crippen LogP contribution in [0.1, 0.15) is 37.3 Å². The third-order valence-corrected chi connectivity index (χ3v) is 3.41. The average molecular weight is 278 g/mol. The van der Waals surface area contributed by atoms with Gasteiger partial charge in [0, 0.05) is 11.8 Å². The molecule has 0 aliphatic carbocycles. The molecule has 0 fully saturated rings. The molecule has 0 aliphatic rings. The second-order valence-corrected chi connectivity index (χ2v) is 5.30. The Bertz CT molecular complexity index is 623. The molecule has 1 aromatic heterocycles. The van der Waals surface area contributed by atoms with E-state index in [2.05, 4.69) is 18.8 Å². The Morgan fingerprint density at radius 1 is 1.37 bits per heavy atom. The number of aryl methyl sites for hydroxylation is 1. The van der Waals surface area contributed by atoms with E-state index in [-0.39, 0.29) is 6.42 Å². The van der Waals surface area contributed by atoms with Gasteiger partial charge in [0.2, 0.25) is 0 Å². The lowest BCUT2D eigenvalue weighted by Crippen LogP contribution is -1.98. The van der Waals surface area contributed by atoms with Gasteiger partial charge in [-0.1, -0.05) is 31.5 Å². The minimum absolute atomic E-state index is 0.142. The number of carboxylic acid groups (broad SMARTS) is 1. The number of hydrogen-bond acceptors (Lipinski definition) is 2. The number of pyridine rings is 1. The summed E-state index contributed by atoms with van der Waals surface area (Å²) in [5.74, 6) is -0.468. The zero-order valence-corrected chi connectivity index (χ0v) is 11.7. The highest BCUT2D eigenvalue weighted by Crippen LogP contribution is 2.27. The van der Waals surface area contributed by atoms with Crippen molar-refractivity contribution in [2.24, 2.45) is 0 Å². The number of aliphatic carboxylic acids is 1. The summed E-state index contributed by atoms with van der Waals surface area (Å²) in [5.41, 5.74) is 2.87. The van der Waals surface area contributed by atoms with Crippen LogP contribution in [0, 0.1) is 0 Å². The molecule has 0 saturated heterocycles. The number of fused-ring (bicyclic) bond motifs is 1. The van der Waals surface area contributed by atoms with E-state index < -0.39 is 5.97 Å². The van der Waals surface area contributed by atoms with Gasteiger partial charge in [0.25, 0.3) is 0 Å². The van der Waals surface area contributed by atoms with E-state index in [0.29, 0.717) is 17.5 Å². The van der Waals surface area contributed by atoms with Crippen molar-refractivity contribution < 1.29 is 9.90 Å². The largest absolute Gasteiger partial charge is 0.481 e. The average Bonchev–Trinajstić information content (AvgIpc) is 2.35. The van der Waals surface area contributed by atoms with E-state index in [1.165, 1.54) is 0 Å². The molecule has 1 N–H and O–H groups in total. The normalized spacial score (nSPS) is 11.2. The molecule has 1 aromatic carbocycles. The number of hydrogen-bond donors (Lipinski definition) is 1. The van der Waals surface area contributed by atoms with E-state index >= 15 is 0 Å². The quantitative estimate of drug-likeness (QED) is 0.859. The number of aromatic nitrogens is 1. The second kappa shape index (κ2) is 5.57. The smallest absolute Gasteiger partial charge is 0.303 e. The molecule has 0 amide bonds. The molecular formula is C15H16ClNO2. The van der Waals surface area contributed by atoms with E-state index in [9.17, 15) is 4.79 Å².